The summed E-state index contributed by atoms with van der Waals surface area (Å²) in [5.74, 6) is 0. The van der Waals surface area contributed by atoms with Crippen molar-refractivity contribution in [1.82, 2.24) is 19.7 Å². The summed E-state index contributed by atoms with van der Waals surface area (Å²) in [6.07, 6.45) is 0.600. The Hall–Kier alpha value is -2.30. The minimum Gasteiger partial charge on any atom is -0.285 e. The first-order valence-electron chi connectivity index (χ1n) is 6.41. The van der Waals surface area contributed by atoms with Crippen molar-refractivity contribution in [2.45, 2.75) is 26.8 Å². The number of hydrogen-bond donors (Lipinski definition) is 0. The van der Waals surface area contributed by atoms with Crippen LogP contribution in [-0.2, 0) is 13.0 Å². The fraction of sp³-hybridized carbons (Fsp3) is 0.286. The number of fused-ring (bicyclic) bond motifs is 2. The summed E-state index contributed by atoms with van der Waals surface area (Å²) in [4.78, 5) is 21.3. The van der Waals surface area contributed by atoms with Crippen molar-refractivity contribution in [3.63, 3.8) is 0 Å². The molecule has 1 aromatic carbocycles. The summed E-state index contributed by atoms with van der Waals surface area (Å²) in [6, 6.07) is 7.55. The van der Waals surface area contributed by atoms with Crippen LogP contribution in [0.3, 0.4) is 0 Å². The molecule has 0 atom stereocenters. The number of benzene rings is 1. The van der Waals surface area contributed by atoms with Gasteiger partial charge in [-0.2, -0.15) is 5.10 Å². The largest absolute Gasteiger partial charge is 0.285 e. The van der Waals surface area contributed by atoms with Crippen molar-refractivity contribution in [1.29, 1.82) is 0 Å². The van der Waals surface area contributed by atoms with Crippen molar-refractivity contribution >= 4 is 22.2 Å². The lowest BCUT2D eigenvalue weighted by Gasteiger charge is -2.08. The van der Waals surface area contributed by atoms with Gasteiger partial charge in [0.25, 0.3) is 0 Å². The molecule has 0 aliphatic carbocycles. The Kier molecular flexibility index (Phi) is 2.74. The molecule has 5 heteroatoms. The Morgan fingerprint density at radius 2 is 1.79 bits per heavy atom. The van der Waals surface area contributed by atoms with Gasteiger partial charge in [0, 0.05) is 6.54 Å². The number of rotatable bonds is 2. The number of nitrogens with zero attached hydrogens (tertiary/aromatic N) is 4. The highest BCUT2D eigenvalue weighted by molar-refractivity contribution is 5.84. The van der Waals surface area contributed by atoms with Crippen molar-refractivity contribution in [3.05, 3.63) is 40.2 Å². The van der Waals surface area contributed by atoms with Crippen LogP contribution in [0, 0.1) is 0 Å². The molecule has 0 unspecified atom stereocenters. The summed E-state index contributed by atoms with van der Waals surface area (Å²) in [6.45, 7) is 4.56. The number of para-hydroxylation sites is 2. The van der Waals surface area contributed by atoms with E-state index in [2.05, 4.69) is 15.1 Å². The summed E-state index contributed by atoms with van der Waals surface area (Å²) in [7, 11) is 0. The molecule has 0 spiro atoms. The first kappa shape index (κ1) is 11.8. The number of hydrogen-bond acceptors (Lipinski definition) is 4. The first-order valence-corrected chi connectivity index (χ1v) is 6.41. The quantitative estimate of drug-likeness (QED) is 0.655. The van der Waals surface area contributed by atoms with Crippen molar-refractivity contribution in [3.8, 4) is 0 Å². The number of aromatic nitrogens is 4. The lowest BCUT2D eigenvalue weighted by Crippen LogP contribution is -2.20. The minimum atomic E-state index is -0.111. The van der Waals surface area contributed by atoms with Gasteiger partial charge in [0.2, 0.25) is 5.43 Å². The summed E-state index contributed by atoms with van der Waals surface area (Å²) < 4.78 is 1.75. The van der Waals surface area contributed by atoms with Gasteiger partial charge in [-0.3, -0.25) is 4.79 Å². The van der Waals surface area contributed by atoms with Crippen LogP contribution in [0.25, 0.3) is 22.2 Å². The van der Waals surface area contributed by atoms with E-state index in [0.717, 1.165) is 11.0 Å². The van der Waals surface area contributed by atoms with E-state index in [9.17, 15) is 4.79 Å². The molecule has 0 saturated carbocycles. The van der Waals surface area contributed by atoms with E-state index in [0.29, 0.717) is 29.8 Å². The van der Waals surface area contributed by atoms with E-state index in [1.54, 1.807) is 4.68 Å². The molecule has 2 heterocycles. The average molecular weight is 254 g/mol. The SMILES string of the molecule is CCc1nn(CC)c2nc3ccccc3nc2c1=O. The van der Waals surface area contributed by atoms with Crippen LogP contribution < -0.4 is 5.43 Å². The fourth-order valence-corrected chi connectivity index (χ4v) is 2.15. The second kappa shape index (κ2) is 4.42. The van der Waals surface area contributed by atoms with Gasteiger partial charge in [-0.05, 0) is 25.5 Å². The van der Waals surface area contributed by atoms with Crippen LogP contribution in [-0.4, -0.2) is 19.7 Å². The lowest BCUT2D eigenvalue weighted by molar-refractivity contribution is 0.641. The molecule has 0 amide bonds. The van der Waals surface area contributed by atoms with Crippen LogP contribution in [0.1, 0.15) is 19.5 Å². The van der Waals surface area contributed by atoms with Crippen molar-refractivity contribution < 1.29 is 0 Å². The van der Waals surface area contributed by atoms with Gasteiger partial charge >= 0.3 is 0 Å². The molecular formula is C14H14N4O. The molecule has 3 aromatic rings. The van der Waals surface area contributed by atoms with Crippen LogP contribution >= 0.6 is 0 Å². The fourth-order valence-electron chi connectivity index (χ4n) is 2.15. The van der Waals surface area contributed by atoms with Crippen LogP contribution in [0.5, 0.6) is 0 Å². The molecule has 96 valence electrons. The van der Waals surface area contributed by atoms with Crippen molar-refractivity contribution in [2.75, 3.05) is 0 Å². The molecular weight excluding hydrogens is 240 g/mol. The third-order valence-corrected chi connectivity index (χ3v) is 3.15. The second-order valence-electron chi connectivity index (χ2n) is 4.33. The number of aryl methyl sites for hydroxylation is 2. The van der Waals surface area contributed by atoms with E-state index in [1.165, 1.54) is 0 Å². The molecule has 0 fully saturated rings. The molecule has 0 saturated heterocycles. The maximum atomic E-state index is 12.3. The third-order valence-electron chi connectivity index (χ3n) is 3.15. The molecule has 19 heavy (non-hydrogen) atoms. The Morgan fingerprint density at radius 3 is 2.42 bits per heavy atom. The molecule has 0 bridgehead atoms. The highest BCUT2D eigenvalue weighted by Crippen LogP contribution is 2.13. The second-order valence-corrected chi connectivity index (χ2v) is 4.33. The smallest absolute Gasteiger partial charge is 0.231 e. The zero-order valence-corrected chi connectivity index (χ0v) is 10.9. The zero-order valence-electron chi connectivity index (χ0n) is 10.9. The van der Waals surface area contributed by atoms with Gasteiger partial charge in [0.15, 0.2) is 11.2 Å². The maximum absolute atomic E-state index is 12.3. The predicted molar refractivity (Wildman–Crippen MR) is 74.2 cm³/mol. The first-order chi connectivity index (χ1) is 9.24. The van der Waals surface area contributed by atoms with Gasteiger partial charge in [-0.25, -0.2) is 14.6 Å². The summed E-state index contributed by atoms with van der Waals surface area (Å²) >= 11 is 0. The van der Waals surface area contributed by atoms with Gasteiger partial charge in [0.1, 0.15) is 5.69 Å². The highest BCUT2D eigenvalue weighted by atomic mass is 16.1. The Bertz CT molecular complexity index is 823. The molecule has 0 N–H and O–H groups in total. The van der Waals surface area contributed by atoms with Crippen molar-refractivity contribution in [2.24, 2.45) is 0 Å². The average Bonchev–Trinajstić information content (AvgIpc) is 2.46. The Labute approximate surface area is 109 Å². The van der Waals surface area contributed by atoms with Crippen LogP contribution in [0.2, 0.25) is 0 Å². The molecule has 0 radical (unpaired) electrons. The van der Waals surface area contributed by atoms with Gasteiger partial charge in [0.05, 0.1) is 11.0 Å². The minimum absolute atomic E-state index is 0.111. The molecule has 0 aliphatic rings. The maximum Gasteiger partial charge on any atom is 0.231 e. The van der Waals surface area contributed by atoms with E-state index in [1.807, 2.05) is 38.1 Å². The van der Waals surface area contributed by atoms with Gasteiger partial charge in [-0.1, -0.05) is 19.1 Å². The van der Waals surface area contributed by atoms with E-state index >= 15 is 0 Å². The molecule has 2 aromatic heterocycles. The Balaban J connectivity index is 2.52. The lowest BCUT2D eigenvalue weighted by atomic mass is 10.2. The molecule has 5 nitrogen and oxygen atoms in total. The molecule has 3 rings (SSSR count). The predicted octanol–water partition coefficient (Wildman–Crippen LogP) is 1.92. The normalized spacial score (nSPS) is 11.3. The Morgan fingerprint density at radius 1 is 1.11 bits per heavy atom. The standard InChI is InChI=1S/C14H14N4O/c1-3-9-13(19)12-14(18(4-2)17-9)16-11-8-6-5-7-10(11)15-12/h5-8H,3-4H2,1-2H3. The zero-order chi connectivity index (χ0) is 13.4. The van der Waals surface area contributed by atoms with Gasteiger partial charge < -0.3 is 0 Å². The van der Waals surface area contributed by atoms with Gasteiger partial charge in [-0.15, -0.1) is 0 Å². The molecule has 0 aliphatic heterocycles. The van der Waals surface area contributed by atoms with E-state index in [-0.39, 0.29) is 5.43 Å². The van der Waals surface area contributed by atoms with Crippen LogP contribution in [0.15, 0.2) is 29.1 Å². The summed E-state index contributed by atoms with van der Waals surface area (Å²) in [5.41, 5.74) is 2.92. The summed E-state index contributed by atoms with van der Waals surface area (Å²) in [5, 5.41) is 4.35. The highest BCUT2D eigenvalue weighted by Gasteiger charge is 2.12. The monoisotopic (exact) mass is 254 g/mol. The van der Waals surface area contributed by atoms with E-state index in [4.69, 9.17) is 0 Å². The van der Waals surface area contributed by atoms with E-state index < -0.39 is 0 Å². The third kappa shape index (κ3) is 1.78. The van der Waals surface area contributed by atoms with Crippen LogP contribution in [0.4, 0.5) is 0 Å². The topological polar surface area (TPSA) is 60.7 Å².